The zero-order valence-corrected chi connectivity index (χ0v) is 12.8. The highest BCUT2D eigenvalue weighted by atomic mass is 19.1. The number of aliphatic hydroxyl groups excluding tert-OH is 1. The molecule has 1 aromatic rings. The number of halogens is 1. The van der Waals surface area contributed by atoms with Gasteiger partial charge in [-0.05, 0) is 30.5 Å². The fourth-order valence-electron chi connectivity index (χ4n) is 2.29. The standard InChI is InChI=1S/C16H27FN2O/c1-4-6-7-16(13-8-10-14(17)11-9-13)18-19(3)15(5-2)12-20/h8-11,15-16,18,20H,4-7,12H2,1-3H3/t15-,16-/m1/s1. The molecule has 2 atom stereocenters. The van der Waals surface area contributed by atoms with E-state index in [0.29, 0.717) is 0 Å². The molecule has 0 saturated heterocycles. The summed E-state index contributed by atoms with van der Waals surface area (Å²) in [5.41, 5.74) is 4.52. The van der Waals surface area contributed by atoms with Crippen molar-refractivity contribution in [1.82, 2.24) is 10.4 Å². The smallest absolute Gasteiger partial charge is 0.123 e. The molecule has 0 aliphatic rings. The Bertz CT molecular complexity index is 365. The van der Waals surface area contributed by atoms with Crippen molar-refractivity contribution in [1.29, 1.82) is 0 Å². The van der Waals surface area contributed by atoms with Gasteiger partial charge in [0.25, 0.3) is 0 Å². The van der Waals surface area contributed by atoms with Gasteiger partial charge in [-0.2, -0.15) is 0 Å². The summed E-state index contributed by atoms with van der Waals surface area (Å²) in [6, 6.07) is 6.91. The third kappa shape index (κ3) is 5.19. The summed E-state index contributed by atoms with van der Waals surface area (Å²) >= 11 is 0. The molecule has 0 bridgehead atoms. The van der Waals surface area contributed by atoms with E-state index < -0.39 is 0 Å². The zero-order chi connectivity index (χ0) is 15.0. The van der Waals surface area contributed by atoms with Gasteiger partial charge in [-0.15, -0.1) is 0 Å². The van der Waals surface area contributed by atoms with Crippen LogP contribution in [0.4, 0.5) is 4.39 Å². The molecule has 0 saturated carbocycles. The lowest BCUT2D eigenvalue weighted by Gasteiger charge is -2.31. The minimum absolute atomic E-state index is 0.0968. The van der Waals surface area contributed by atoms with Crippen LogP contribution in [-0.2, 0) is 0 Å². The first-order valence-electron chi connectivity index (χ1n) is 7.47. The van der Waals surface area contributed by atoms with Crippen LogP contribution in [0.2, 0.25) is 0 Å². The lowest BCUT2D eigenvalue weighted by molar-refractivity contribution is 0.0802. The normalized spacial score (nSPS) is 14.5. The van der Waals surface area contributed by atoms with Gasteiger partial charge in [-0.25, -0.2) is 14.8 Å². The van der Waals surface area contributed by atoms with E-state index in [0.717, 1.165) is 31.2 Å². The Kier molecular flexibility index (Phi) is 7.73. The Morgan fingerprint density at radius 3 is 2.40 bits per heavy atom. The predicted octanol–water partition coefficient (Wildman–Crippen LogP) is 3.26. The van der Waals surface area contributed by atoms with Gasteiger partial charge < -0.3 is 5.11 Å². The van der Waals surface area contributed by atoms with Crippen molar-refractivity contribution in [2.24, 2.45) is 0 Å². The number of aliphatic hydroxyl groups is 1. The molecule has 0 spiro atoms. The van der Waals surface area contributed by atoms with Crippen LogP contribution in [0.3, 0.4) is 0 Å². The van der Waals surface area contributed by atoms with Crippen LogP contribution >= 0.6 is 0 Å². The number of rotatable bonds is 9. The molecule has 0 aliphatic heterocycles. The van der Waals surface area contributed by atoms with Crippen LogP contribution in [0.5, 0.6) is 0 Å². The second kappa shape index (κ2) is 9.06. The van der Waals surface area contributed by atoms with Crippen LogP contribution in [-0.4, -0.2) is 29.8 Å². The number of nitrogens with one attached hydrogen (secondary N) is 1. The molecular weight excluding hydrogens is 255 g/mol. The molecule has 0 aliphatic carbocycles. The number of benzene rings is 1. The minimum Gasteiger partial charge on any atom is -0.395 e. The molecule has 2 N–H and O–H groups in total. The Morgan fingerprint density at radius 1 is 1.25 bits per heavy atom. The second-order valence-corrected chi connectivity index (χ2v) is 5.23. The SMILES string of the molecule is CCCC[C@@H](NN(C)[C@H](CC)CO)c1ccc(F)cc1. The predicted molar refractivity (Wildman–Crippen MR) is 80.7 cm³/mol. The van der Waals surface area contributed by atoms with Crippen LogP contribution in [0.1, 0.15) is 51.1 Å². The monoisotopic (exact) mass is 282 g/mol. The summed E-state index contributed by atoms with van der Waals surface area (Å²) < 4.78 is 13.0. The summed E-state index contributed by atoms with van der Waals surface area (Å²) in [7, 11) is 1.95. The maximum absolute atomic E-state index is 13.0. The van der Waals surface area contributed by atoms with Crippen molar-refractivity contribution < 1.29 is 9.50 Å². The van der Waals surface area contributed by atoms with Gasteiger partial charge in [0.1, 0.15) is 5.82 Å². The third-order valence-electron chi connectivity index (χ3n) is 3.71. The van der Waals surface area contributed by atoms with Crippen molar-refractivity contribution in [2.75, 3.05) is 13.7 Å². The third-order valence-corrected chi connectivity index (χ3v) is 3.71. The van der Waals surface area contributed by atoms with Crippen molar-refractivity contribution in [3.8, 4) is 0 Å². The Balaban J connectivity index is 2.75. The van der Waals surface area contributed by atoms with Crippen molar-refractivity contribution in [2.45, 2.75) is 51.6 Å². The Hall–Kier alpha value is -0.970. The number of hydrazine groups is 1. The molecule has 0 amide bonds. The molecule has 0 aromatic heterocycles. The largest absolute Gasteiger partial charge is 0.395 e. The first-order valence-corrected chi connectivity index (χ1v) is 7.47. The maximum Gasteiger partial charge on any atom is 0.123 e. The van der Waals surface area contributed by atoms with E-state index in [1.54, 1.807) is 0 Å². The summed E-state index contributed by atoms with van der Waals surface area (Å²) in [6.45, 7) is 4.34. The topological polar surface area (TPSA) is 35.5 Å². The van der Waals surface area contributed by atoms with E-state index in [4.69, 9.17) is 0 Å². The Morgan fingerprint density at radius 2 is 1.90 bits per heavy atom. The van der Waals surface area contributed by atoms with E-state index in [9.17, 15) is 9.50 Å². The van der Waals surface area contributed by atoms with Crippen LogP contribution in [0, 0.1) is 5.82 Å². The lowest BCUT2D eigenvalue weighted by Crippen LogP contribution is -2.46. The van der Waals surface area contributed by atoms with Gasteiger partial charge in [0.2, 0.25) is 0 Å². The molecule has 0 unspecified atom stereocenters. The number of nitrogens with zero attached hydrogens (tertiary/aromatic N) is 1. The highest BCUT2D eigenvalue weighted by Crippen LogP contribution is 2.20. The highest BCUT2D eigenvalue weighted by molar-refractivity contribution is 5.19. The fraction of sp³-hybridized carbons (Fsp3) is 0.625. The molecule has 4 heteroatoms. The first kappa shape index (κ1) is 17.1. The number of hydrogen-bond acceptors (Lipinski definition) is 3. The van der Waals surface area contributed by atoms with Crippen LogP contribution in [0.15, 0.2) is 24.3 Å². The zero-order valence-electron chi connectivity index (χ0n) is 12.8. The summed E-state index contributed by atoms with van der Waals surface area (Å²) in [4.78, 5) is 0. The van der Waals surface area contributed by atoms with Gasteiger partial charge in [0, 0.05) is 19.1 Å². The molecule has 114 valence electrons. The molecule has 3 nitrogen and oxygen atoms in total. The summed E-state index contributed by atoms with van der Waals surface area (Å²) in [5, 5.41) is 11.3. The summed E-state index contributed by atoms with van der Waals surface area (Å²) in [5.74, 6) is -0.210. The van der Waals surface area contributed by atoms with E-state index in [2.05, 4.69) is 19.3 Å². The molecule has 1 aromatic carbocycles. The van der Waals surface area contributed by atoms with Gasteiger partial charge >= 0.3 is 0 Å². The summed E-state index contributed by atoms with van der Waals surface area (Å²) in [6.07, 6.45) is 4.11. The maximum atomic E-state index is 13.0. The molecule has 0 radical (unpaired) electrons. The average molecular weight is 282 g/mol. The number of unbranched alkanes of at least 4 members (excludes halogenated alkanes) is 1. The molecule has 0 heterocycles. The van der Waals surface area contributed by atoms with Crippen LogP contribution in [0.25, 0.3) is 0 Å². The minimum atomic E-state index is -0.210. The van der Waals surface area contributed by atoms with Crippen molar-refractivity contribution in [3.63, 3.8) is 0 Å². The van der Waals surface area contributed by atoms with E-state index in [1.807, 2.05) is 24.2 Å². The van der Waals surface area contributed by atoms with E-state index in [1.165, 1.54) is 12.1 Å². The number of hydrogen-bond donors (Lipinski definition) is 2. The fourth-order valence-corrected chi connectivity index (χ4v) is 2.29. The van der Waals surface area contributed by atoms with Crippen LogP contribution < -0.4 is 5.43 Å². The lowest BCUT2D eigenvalue weighted by atomic mass is 10.0. The van der Waals surface area contributed by atoms with Crippen molar-refractivity contribution >= 4 is 0 Å². The molecule has 1 rings (SSSR count). The number of likely N-dealkylation sites (N-methyl/N-ethyl adjacent to an activating group) is 1. The van der Waals surface area contributed by atoms with Crippen molar-refractivity contribution in [3.05, 3.63) is 35.6 Å². The molecule has 0 fully saturated rings. The van der Waals surface area contributed by atoms with Gasteiger partial charge in [-0.3, -0.25) is 0 Å². The van der Waals surface area contributed by atoms with E-state index >= 15 is 0 Å². The second-order valence-electron chi connectivity index (χ2n) is 5.23. The van der Waals surface area contributed by atoms with E-state index in [-0.39, 0.29) is 24.5 Å². The quantitative estimate of drug-likeness (QED) is 0.682. The first-order chi connectivity index (χ1) is 9.62. The highest BCUT2D eigenvalue weighted by Gasteiger charge is 2.17. The Labute approximate surface area is 121 Å². The van der Waals surface area contributed by atoms with Gasteiger partial charge in [0.05, 0.1) is 6.61 Å². The molecular formula is C16H27FN2O. The molecule has 20 heavy (non-hydrogen) atoms. The van der Waals surface area contributed by atoms with Gasteiger partial charge in [-0.1, -0.05) is 38.8 Å². The average Bonchev–Trinajstić information content (AvgIpc) is 2.45. The van der Waals surface area contributed by atoms with Gasteiger partial charge in [0.15, 0.2) is 0 Å².